The third kappa shape index (κ3) is 3.18. The van der Waals surface area contributed by atoms with Gasteiger partial charge in [0.1, 0.15) is 5.82 Å². The predicted octanol–water partition coefficient (Wildman–Crippen LogP) is 2.42. The Balaban J connectivity index is 2.26. The molecule has 0 aromatic heterocycles. The molecule has 0 radical (unpaired) electrons. The normalized spacial score (nSPS) is 23.2. The van der Waals surface area contributed by atoms with Crippen LogP contribution in [0.4, 0.5) is 10.1 Å². The van der Waals surface area contributed by atoms with Gasteiger partial charge in [-0.1, -0.05) is 6.07 Å². The van der Waals surface area contributed by atoms with Crippen molar-refractivity contribution in [1.29, 1.82) is 0 Å². The molecule has 4 nitrogen and oxygen atoms in total. The van der Waals surface area contributed by atoms with E-state index in [0.717, 1.165) is 0 Å². The summed E-state index contributed by atoms with van der Waals surface area (Å²) in [6.07, 6.45) is 0. The molecule has 0 saturated carbocycles. The first kappa shape index (κ1) is 15.8. The Labute approximate surface area is 125 Å². The highest BCUT2D eigenvalue weighted by molar-refractivity contribution is 5.99. The summed E-state index contributed by atoms with van der Waals surface area (Å²) in [4.78, 5) is 16.8. The second-order valence-electron chi connectivity index (χ2n) is 5.77. The molecule has 21 heavy (non-hydrogen) atoms. The lowest BCUT2D eigenvalue weighted by atomic mass is 10.1. The molecule has 0 aliphatic carbocycles. The molecule has 2 rings (SSSR count). The van der Waals surface area contributed by atoms with Crippen LogP contribution >= 0.6 is 0 Å². The Bertz CT molecular complexity index is 508. The molecule has 1 aliphatic rings. The summed E-state index contributed by atoms with van der Waals surface area (Å²) in [5.74, 6) is -0.477. The number of hydrogen-bond acceptors (Lipinski definition) is 3. The maximum Gasteiger partial charge on any atom is 0.256 e. The average molecular weight is 293 g/mol. The van der Waals surface area contributed by atoms with Crippen LogP contribution in [0.3, 0.4) is 0 Å². The van der Waals surface area contributed by atoms with Crippen molar-refractivity contribution in [3.63, 3.8) is 0 Å². The second-order valence-corrected chi connectivity index (χ2v) is 5.77. The van der Waals surface area contributed by atoms with Crippen LogP contribution in [0.1, 0.15) is 31.1 Å². The lowest BCUT2D eigenvalue weighted by molar-refractivity contribution is 0.0415. The zero-order chi connectivity index (χ0) is 15.6. The quantitative estimate of drug-likeness (QED) is 0.929. The minimum atomic E-state index is -0.377. The summed E-state index contributed by atoms with van der Waals surface area (Å²) < 4.78 is 13.9. The fraction of sp³-hybridized carbons (Fsp3) is 0.562. The van der Waals surface area contributed by atoms with E-state index in [4.69, 9.17) is 0 Å². The van der Waals surface area contributed by atoms with E-state index in [0.29, 0.717) is 43.0 Å². The van der Waals surface area contributed by atoms with Crippen molar-refractivity contribution >= 4 is 11.6 Å². The topological polar surface area (TPSA) is 35.6 Å². The van der Waals surface area contributed by atoms with Gasteiger partial charge in [0, 0.05) is 31.7 Å². The number of carbonyl (C=O) groups excluding carboxylic acids is 1. The number of anilines is 1. The lowest BCUT2D eigenvalue weighted by Crippen LogP contribution is -2.56. The Morgan fingerprint density at radius 3 is 2.52 bits per heavy atom. The van der Waals surface area contributed by atoms with E-state index in [1.54, 1.807) is 12.1 Å². The van der Waals surface area contributed by atoms with Crippen LogP contribution in [-0.2, 0) is 0 Å². The van der Waals surface area contributed by atoms with Crippen LogP contribution in [-0.4, -0.2) is 54.5 Å². The highest BCUT2D eigenvalue weighted by Gasteiger charge is 2.31. The highest BCUT2D eigenvalue weighted by Crippen LogP contribution is 2.23. The van der Waals surface area contributed by atoms with Crippen molar-refractivity contribution < 1.29 is 9.18 Å². The van der Waals surface area contributed by atoms with E-state index >= 15 is 0 Å². The SMILES string of the molecule is CCNc1c(F)cccc1C(=O)N1CC(C)N(C)C(C)C1. The largest absolute Gasteiger partial charge is 0.382 e. The zero-order valence-corrected chi connectivity index (χ0v) is 13.2. The van der Waals surface area contributed by atoms with Gasteiger partial charge in [0.15, 0.2) is 0 Å². The van der Waals surface area contributed by atoms with Crippen molar-refractivity contribution in [1.82, 2.24) is 9.80 Å². The third-order valence-corrected chi connectivity index (χ3v) is 4.24. The second kappa shape index (κ2) is 6.43. The van der Waals surface area contributed by atoms with Crippen molar-refractivity contribution in [2.75, 3.05) is 32.0 Å². The van der Waals surface area contributed by atoms with Gasteiger partial charge >= 0.3 is 0 Å². The van der Waals surface area contributed by atoms with E-state index in [1.165, 1.54) is 6.07 Å². The zero-order valence-electron chi connectivity index (χ0n) is 13.2. The molecular formula is C16H24FN3O. The fourth-order valence-corrected chi connectivity index (χ4v) is 2.80. The minimum absolute atomic E-state index is 0.0998. The molecule has 0 bridgehead atoms. The first-order chi connectivity index (χ1) is 9.95. The maximum absolute atomic E-state index is 13.9. The predicted molar refractivity (Wildman–Crippen MR) is 83.2 cm³/mol. The number of rotatable bonds is 3. The fourth-order valence-electron chi connectivity index (χ4n) is 2.80. The summed E-state index contributed by atoms with van der Waals surface area (Å²) >= 11 is 0. The molecule has 1 aliphatic heterocycles. The van der Waals surface area contributed by atoms with Crippen molar-refractivity contribution in [2.24, 2.45) is 0 Å². The molecule has 116 valence electrons. The Morgan fingerprint density at radius 1 is 1.33 bits per heavy atom. The van der Waals surface area contributed by atoms with Gasteiger partial charge in [-0.05, 0) is 40.0 Å². The summed E-state index contributed by atoms with van der Waals surface area (Å²) in [6, 6.07) is 5.26. The smallest absolute Gasteiger partial charge is 0.256 e. The standard InChI is InChI=1S/C16H24FN3O/c1-5-18-15-13(7-6-8-14(15)17)16(21)20-9-11(2)19(4)12(3)10-20/h6-8,11-12,18H,5,9-10H2,1-4H3. The van der Waals surface area contributed by atoms with Crippen LogP contribution in [0, 0.1) is 5.82 Å². The molecule has 1 aromatic carbocycles. The number of carbonyl (C=O) groups is 1. The number of halogens is 1. The number of amides is 1. The maximum atomic E-state index is 13.9. The van der Waals surface area contributed by atoms with Crippen LogP contribution in [0.25, 0.3) is 0 Å². The summed E-state index contributed by atoms with van der Waals surface area (Å²) in [5, 5.41) is 2.96. The van der Waals surface area contributed by atoms with E-state index in [-0.39, 0.29) is 11.7 Å². The van der Waals surface area contributed by atoms with E-state index < -0.39 is 0 Å². The monoisotopic (exact) mass is 293 g/mol. The van der Waals surface area contributed by atoms with Crippen LogP contribution in [0.5, 0.6) is 0 Å². The Kier molecular flexibility index (Phi) is 4.83. The van der Waals surface area contributed by atoms with Gasteiger partial charge in [0.25, 0.3) is 5.91 Å². The molecule has 5 heteroatoms. The van der Waals surface area contributed by atoms with Gasteiger partial charge < -0.3 is 10.2 Å². The number of likely N-dealkylation sites (N-methyl/N-ethyl adjacent to an activating group) is 1. The van der Waals surface area contributed by atoms with Crippen LogP contribution in [0.2, 0.25) is 0 Å². The highest BCUT2D eigenvalue weighted by atomic mass is 19.1. The number of benzene rings is 1. The first-order valence-corrected chi connectivity index (χ1v) is 7.49. The van der Waals surface area contributed by atoms with Gasteiger partial charge in [-0.15, -0.1) is 0 Å². The van der Waals surface area contributed by atoms with Gasteiger partial charge in [-0.25, -0.2) is 4.39 Å². The summed E-state index contributed by atoms with van der Waals surface area (Å²) in [7, 11) is 2.07. The van der Waals surface area contributed by atoms with Gasteiger partial charge in [0.05, 0.1) is 11.3 Å². The Morgan fingerprint density at radius 2 is 1.95 bits per heavy atom. The molecular weight excluding hydrogens is 269 g/mol. The molecule has 1 fully saturated rings. The summed E-state index contributed by atoms with van der Waals surface area (Å²) in [6.45, 7) is 8.01. The molecule has 1 N–H and O–H groups in total. The number of para-hydroxylation sites is 1. The molecule has 1 aromatic rings. The van der Waals surface area contributed by atoms with Gasteiger partial charge in [0.2, 0.25) is 0 Å². The average Bonchev–Trinajstić information content (AvgIpc) is 2.45. The number of nitrogens with one attached hydrogen (secondary N) is 1. The number of hydrogen-bond donors (Lipinski definition) is 1. The molecule has 0 spiro atoms. The minimum Gasteiger partial charge on any atom is -0.382 e. The van der Waals surface area contributed by atoms with E-state index in [9.17, 15) is 9.18 Å². The molecule has 1 amide bonds. The van der Waals surface area contributed by atoms with Crippen molar-refractivity contribution in [3.8, 4) is 0 Å². The third-order valence-electron chi connectivity index (χ3n) is 4.24. The van der Waals surface area contributed by atoms with Crippen molar-refractivity contribution in [2.45, 2.75) is 32.9 Å². The Hall–Kier alpha value is -1.62. The molecule has 2 unspecified atom stereocenters. The van der Waals surface area contributed by atoms with Crippen LogP contribution < -0.4 is 5.32 Å². The van der Waals surface area contributed by atoms with Gasteiger partial charge in [-0.2, -0.15) is 0 Å². The van der Waals surface area contributed by atoms with E-state index in [1.807, 2.05) is 11.8 Å². The summed E-state index contributed by atoms with van der Waals surface area (Å²) in [5.41, 5.74) is 0.727. The number of piperazine rings is 1. The van der Waals surface area contributed by atoms with Gasteiger partial charge in [-0.3, -0.25) is 9.69 Å². The van der Waals surface area contributed by atoms with Crippen molar-refractivity contribution in [3.05, 3.63) is 29.6 Å². The van der Waals surface area contributed by atoms with E-state index in [2.05, 4.69) is 31.1 Å². The number of nitrogens with zero attached hydrogens (tertiary/aromatic N) is 2. The molecule has 1 heterocycles. The molecule has 1 saturated heterocycles. The van der Waals surface area contributed by atoms with Crippen LogP contribution in [0.15, 0.2) is 18.2 Å². The lowest BCUT2D eigenvalue weighted by Gasteiger charge is -2.42. The first-order valence-electron chi connectivity index (χ1n) is 7.49. The molecule has 2 atom stereocenters.